The normalized spacial score (nSPS) is 16.2. The van der Waals surface area contributed by atoms with Crippen molar-refractivity contribution >= 4 is 22.7 Å². The van der Waals surface area contributed by atoms with Crippen LogP contribution in [0.25, 0.3) is 10.9 Å². The number of benzene rings is 2. The molecule has 0 N–H and O–H groups in total. The molecule has 1 aliphatic carbocycles. The predicted octanol–water partition coefficient (Wildman–Crippen LogP) is 4.42. The highest BCUT2D eigenvalue weighted by Crippen LogP contribution is 2.31. The van der Waals surface area contributed by atoms with Gasteiger partial charge in [0.1, 0.15) is 5.75 Å². The summed E-state index contributed by atoms with van der Waals surface area (Å²) < 4.78 is 5.39. The Labute approximate surface area is 200 Å². The van der Waals surface area contributed by atoms with Gasteiger partial charge in [0, 0.05) is 37.3 Å². The fraction of sp³-hybridized carbons (Fsp3) is 0.393. The monoisotopic (exact) mass is 457 g/mol. The third-order valence-electron chi connectivity index (χ3n) is 7.04. The fourth-order valence-corrected chi connectivity index (χ4v) is 5.26. The van der Waals surface area contributed by atoms with Crippen LogP contribution in [-0.4, -0.2) is 59.9 Å². The van der Waals surface area contributed by atoms with E-state index in [1.165, 1.54) is 0 Å². The highest BCUT2D eigenvalue weighted by molar-refractivity contribution is 6.08. The van der Waals surface area contributed by atoms with E-state index in [-0.39, 0.29) is 11.8 Å². The predicted molar refractivity (Wildman–Crippen MR) is 133 cm³/mol. The van der Waals surface area contributed by atoms with Crippen LogP contribution >= 0.6 is 0 Å². The van der Waals surface area contributed by atoms with E-state index in [1.54, 1.807) is 19.2 Å². The molecule has 5 rings (SSSR count). The number of amides is 2. The average Bonchev–Trinajstić information content (AvgIpc) is 3.13. The van der Waals surface area contributed by atoms with E-state index in [9.17, 15) is 9.59 Å². The molecule has 1 fully saturated rings. The molecule has 2 heterocycles. The van der Waals surface area contributed by atoms with Crippen LogP contribution in [0.2, 0.25) is 0 Å². The second kappa shape index (κ2) is 9.45. The number of para-hydroxylation sites is 1. The van der Waals surface area contributed by atoms with Crippen molar-refractivity contribution < 1.29 is 14.3 Å². The van der Waals surface area contributed by atoms with Gasteiger partial charge in [0.15, 0.2) is 0 Å². The Bertz CT molecular complexity index is 1250. The Morgan fingerprint density at radius 2 is 1.62 bits per heavy atom. The molecule has 6 heteroatoms. The molecular formula is C28H31N3O3. The summed E-state index contributed by atoms with van der Waals surface area (Å²) in [6.07, 6.45) is 4.79. The second-order valence-electron chi connectivity index (χ2n) is 9.28. The van der Waals surface area contributed by atoms with Crippen molar-refractivity contribution in [2.45, 2.75) is 39.0 Å². The molecule has 0 unspecified atom stereocenters. The van der Waals surface area contributed by atoms with Crippen molar-refractivity contribution in [1.29, 1.82) is 0 Å². The molecule has 0 saturated carbocycles. The number of rotatable bonds is 3. The van der Waals surface area contributed by atoms with E-state index in [1.807, 2.05) is 28.0 Å². The number of carbonyl (C=O) groups is 2. The lowest BCUT2D eigenvalue weighted by Gasteiger charge is -2.26. The Hall–Kier alpha value is -3.41. The number of aryl methyl sites for hydroxylation is 2. The summed E-state index contributed by atoms with van der Waals surface area (Å²) in [6, 6.07) is 13.5. The zero-order valence-corrected chi connectivity index (χ0v) is 20.0. The maximum Gasteiger partial charge on any atom is 0.257 e. The van der Waals surface area contributed by atoms with Crippen molar-refractivity contribution in [1.82, 2.24) is 14.8 Å². The Balaban J connectivity index is 1.43. The summed E-state index contributed by atoms with van der Waals surface area (Å²) in [4.78, 5) is 35.9. The van der Waals surface area contributed by atoms with E-state index in [2.05, 4.69) is 19.1 Å². The summed E-state index contributed by atoms with van der Waals surface area (Å²) in [5, 5.41) is 0.955. The molecule has 2 aromatic carbocycles. The molecule has 176 valence electrons. The summed E-state index contributed by atoms with van der Waals surface area (Å²) in [6.45, 7) is 4.34. The van der Waals surface area contributed by atoms with Crippen LogP contribution < -0.4 is 4.74 Å². The number of ether oxygens (including phenoxy) is 1. The third-order valence-corrected chi connectivity index (χ3v) is 7.04. The number of aromatic nitrogens is 1. The maximum absolute atomic E-state index is 14.0. The van der Waals surface area contributed by atoms with Crippen LogP contribution in [0, 0.1) is 6.92 Å². The molecule has 2 amide bonds. The standard InChI is InChI=1S/C28H31N3O3/c1-19-12-13-24-22(18-19)26(20-8-3-5-10-23(20)29-24)28(33)31-15-7-14-30(16-17-31)27(32)21-9-4-6-11-25(21)34-2/h4,6,9,11-13,18H,3,5,7-8,10,14-17H2,1-2H3. The lowest BCUT2D eigenvalue weighted by atomic mass is 9.89. The highest BCUT2D eigenvalue weighted by atomic mass is 16.5. The van der Waals surface area contributed by atoms with Crippen molar-refractivity contribution in [2.24, 2.45) is 0 Å². The number of nitrogens with zero attached hydrogens (tertiary/aromatic N) is 3. The number of carbonyl (C=O) groups excluding carboxylic acids is 2. The van der Waals surface area contributed by atoms with Gasteiger partial charge in [-0.2, -0.15) is 0 Å². The Morgan fingerprint density at radius 3 is 2.41 bits per heavy atom. The van der Waals surface area contributed by atoms with Gasteiger partial charge in [-0.25, -0.2) is 0 Å². The lowest BCUT2D eigenvalue weighted by molar-refractivity contribution is 0.0717. The van der Waals surface area contributed by atoms with Gasteiger partial charge >= 0.3 is 0 Å². The first kappa shape index (κ1) is 22.4. The zero-order valence-electron chi connectivity index (χ0n) is 20.0. The second-order valence-corrected chi connectivity index (χ2v) is 9.28. The van der Waals surface area contributed by atoms with Crippen LogP contribution in [-0.2, 0) is 12.8 Å². The molecule has 0 bridgehead atoms. The SMILES string of the molecule is COc1ccccc1C(=O)N1CCCN(C(=O)c2c3c(nc4ccc(C)cc24)CCCC3)CC1. The highest BCUT2D eigenvalue weighted by Gasteiger charge is 2.29. The van der Waals surface area contributed by atoms with Gasteiger partial charge in [-0.05, 0) is 68.9 Å². The van der Waals surface area contributed by atoms with Crippen molar-refractivity contribution in [3.8, 4) is 5.75 Å². The number of fused-ring (bicyclic) bond motifs is 2. The quantitative estimate of drug-likeness (QED) is 0.584. The first-order chi connectivity index (χ1) is 16.6. The van der Waals surface area contributed by atoms with E-state index in [4.69, 9.17) is 9.72 Å². The summed E-state index contributed by atoms with van der Waals surface area (Å²) in [7, 11) is 1.58. The molecule has 1 aliphatic heterocycles. The Kier molecular flexibility index (Phi) is 6.22. The third kappa shape index (κ3) is 4.13. The zero-order chi connectivity index (χ0) is 23.7. The van der Waals surface area contributed by atoms with Crippen LogP contribution in [0.5, 0.6) is 5.75 Å². The lowest BCUT2D eigenvalue weighted by Crippen LogP contribution is -2.38. The van der Waals surface area contributed by atoms with Crippen molar-refractivity contribution in [2.75, 3.05) is 33.3 Å². The number of hydrogen-bond donors (Lipinski definition) is 0. The fourth-order valence-electron chi connectivity index (χ4n) is 5.26. The summed E-state index contributed by atoms with van der Waals surface area (Å²) in [5.74, 6) is 0.604. The van der Waals surface area contributed by atoms with E-state index in [0.29, 0.717) is 37.5 Å². The molecule has 0 atom stereocenters. The maximum atomic E-state index is 14.0. The number of hydrogen-bond acceptors (Lipinski definition) is 4. The topological polar surface area (TPSA) is 62.7 Å². The largest absolute Gasteiger partial charge is 0.496 e. The molecule has 3 aromatic rings. The van der Waals surface area contributed by atoms with E-state index < -0.39 is 0 Å². The molecule has 2 aliphatic rings. The first-order valence-electron chi connectivity index (χ1n) is 12.2. The van der Waals surface area contributed by atoms with Crippen LogP contribution in [0.4, 0.5) is 0 Å². The van der Waals surface area contributed by atoms with Crippen molar-refractivity contribution in [3.63, 3.8) is 0 Å². The minimum absolute atomic E-state index is 0.0471. The molecule has 1 saturated heterocycles. The Morgan fingerprint density at radius 1 is 0.882 bits per heavy atom. The van der Waals surface area contributed by atoms with Gasteiger partial charge in [-0.3, -0.25) is 14.6 Å². The van der Waals surface area contributed by atoms with Crippen molar-refractivity contribution in [3.05, 3.63) is 70.4 Å². The smallest absolute Gasteiger partial charge is 0.257 e. The van der Waals surface area contributed by atoms with Crippen LogP contribution in [0.15, 0.2) is 42.5 Å². The summed E-state index contributed by atoms with van der Waals surface area (Å²) >= 11 is 0. The molecule has 0 spiro atoms. The number of methoxy groups -OCH3 is 1. The molecule has 34 heavy (non-hydrogen) atoms. The van der Waals surface area contributed by atoms with Gasteiger partial charge in [-0.1, -0.05) is 23.8 Å². The molecule has 1 aromatic heterocycles. The molecular weight excluding hydrogens is 426 g/mol. The van der Waals surface area contributed by atoms with Gasteiger partial charge in [-0.15, -0.1) is 0 Å². The van der Waals surface area contributed by atoms with Gasteiger partial charge in [0.05, 0.1) is 23.8 Å². The minimum atomic E-state index is -0.0471. The molecule has 0 radical (unpaired) electrons. The van der Waals surface area contributed by atoms with E-state index in [0.717, 1.165) is 65.4 Å². The minimum Gasteiger partial charge on any atom is -0.496 e. The van der Waals surface area contributed by atoms with Gasteiger partial charge in [0.2, 0.25) is 0 Å². The average molecular weight is 458 g/mol. The molecule has 6 nitrogen and oxygen atoms in total. The van der Waals surface area contributed by atoms with Gasteiger partial charge < -0.3 is 14.5 Å². The summed E-state index contributed by atoms with van der Waals surface area (Å²) in [5.41, 5.74) is 5.62. The first-order valence-corrected chi connectivity index (χ1v) is 12.2. The number of pyridine rings is 1. The van der Waals surface area contributed by atoms with Crippen LogP contribution in [0.3, 0.4) is 0 Å². The van der Waals surface area contributed by atoms with Gasteiger partial charge in [0.25, 0.3) is 11.8 Å². The van der Waals surface area contributed by atoms with E-state index >= 15 is 0 Å². The van der Waals surface area contributed by atoms with Crippen LogP contribution in [0.1, 0.15) is 56.8 Å².